The number of rotatable bonds is 7. The second-order valence-corrected chi connectivity index (χ2v) is 6.51. The van der Waals surface area contributed by atoms with E-state index in [0.717, 1.165) is 57.6 Å². The zero-order chi connectivity index (χ0) is 16.6. The van der Waals surface area contributed by atoms with Crippen molar-refractivity contribution >= 4 is 5.91 Å². The molecular formula is C20H26N2O2. The van der Waals surface area contributed by atoms with Crippen LogP contribution < -0.4 is 5.32 Å². The van der Waals surface area contributed by atoms with Gasteiger partial charge in [0.25, 0.3) is 0 Å². The van der Waals surface area contributed by atoms with E-state index >= 15 is 0 Å². The van der Waals surface area contributed by atoms with E-state index in [1.54, 1.807) is 6.26 Å². The van der Waals surface area contributed by atoms with Gasteiger partial charge in [0.05, 0.1) is 6.26 Å². The third-order valence-corrected chi connectivity index (χ3v) is 4.69. The normalized spacial score (nSPS) is 16.2. The first kappa shape index (κ1) is 16.8. The van der Waals surface area contributed by atoms with Crippen LogP contribution in [-0.4, -0.2) is 30.4 Å². The molecule has 0 radical (unpaired) electrons. The van der Waals surface area contributed by atoms with Crippen LogP contribution >= 0.6 is 0 Å². The highest BCUT2D eigenvalue weighted by molar-refractivity contribution is 5.78. The highest BCUT2D eigenvalue weighted by Crippen LogP contribution is 2.19. The molecule has 0 aliphatic carbocycles. The van der Waals surface area contributed by atoms with Crippen LogP contribution in [0.15, 0.2) is 53.1 Å². The Balaban J connectivity index is 1.33. The minimum Gasteiger partial charge on any atom is -0.469 e. The van der Waals surface area contributed by atoms with Gasteiger partial charge in [-0.15, -0.1) is 0 Å². The van der Waals surface area contributed by atoms with Crippen molar-refractivity contribution in [2.45, 2.75) is 32.2 Å². The molecule has 0 spiro atoms. The fourth-order valence-corrected chi connectivity index (χ4v) is 3.27. The lowest BCUT2D eigenvalue weighted by Crippen LogP contribution is -2.40. The van der Waals surface area contributed by atoms with E-state index in [1.807, 2.05) is 18.2 Å². The molecule has 0 atom stereocenters. The summed E-state index contributed by atoms with van der Waals surface area (Å²) in [5.41, 5.74) is 1.35. The van der Waals surface area contributed by atoms with Crippen LogP contribution in [0.4, 0.5) is 0 Å². The summed E-state index contributed by atoms with van der Waals surface area (Å²) in [6.07, 6.45) is 5.40. The van der Waals surface area contributed by atoms with Crippen LogP contribution in [0.25, 0.3) is 0 Å². The molecule has 0 unspecified atom stereocenters. The first-order valence-electron chi connectivity index (χ1n) is 8.87. The quantitative estimate of drug-likeness (QED) is 0.795. The number of nitrogens with one attached hydrogen (secondary N) is 1. The first-order valence-corrected chi connectivity index (χ1v) is 8.87. The van der Waals surface area contributed by atoms with E-state index in [2.05, 4.69) is 34.5 Å². The molecule has 2 aromatic rings. The fourth-order valence-electron chi connectivity index (χ4n) is 3.27. The van der Waals surface area contributed by atoms with Crippen molar-refractivity contribution < 1.29 is 9.21 Å². The SMILES string of the molecule is O=C(NCCCc1ccco1)C1CCN(Cc2ccccc2)CC1. The first-order chi connectivity index (χ1) is 11.8. The van der Waals surface area contributed by atoms with E-state index in [-0.39, 0.29) is 11.8 Å². The van der Waals surface area contributed by atoms with Crippen molar-refractivity contribution in [3.05, 3.63) is 60.1 Å². The second kappa shape index (κ2) is 8.69. The van der Waals surface area contributed by atoms with Crippen LogP contribution in [0, 0.1) is 5.92 Å². The predicted octanol–water partition coefficient (Wildman–Crippen LogP) is 3.24. The van der Waals surface area contributed by atoms with Gasteiger partial charge in [-0.3, -0.25) is 9.69 Å². The molecular weight excluding hydrogens is 300 g/mol. The van der Waals surface area contributed by atoms with Gasteiger partial charge >= 0.3 is 0 Å². The molecule has 1 aromatic heterocycles. The van der Waals surface area contributed by atoms with Gasteiger partial charge in [-0.05, 0) is 50.0 Å². The highest BCUT2D eigenvalue weighted by atomic mass is 16.3. The lowest BCUT2D eigenvalue weighted by atomic mass is 9.95. The molecule has 24 heavy (non-hydrogen) atoms. The number of benzene rings is 1. The molecule has 1 saturated heterocycles. The molecule has 1 amide bonds. The molecule has 2 heterocycles. The van der Waals surface area contributed by atoms with Crippen molar-refractivity contribution in [2.75, 3.05) is 19.6 Å². The molecule has 0 bridgehead atoms. The van der Waals surface area contributed by atoms with Gasteiger partial charge in [-0.25, -0.2) is 0 Å². The molecule has 1 fully saturated rings. The number of nitrogens with zero attached hydrogens (tertiary/aromatic N) is 1. The van der Waals surface area contributed by atoms with Crippen molar-refractivity contribution in [3.63, 3.8) is 0 Å². The number of carbonyl (C=O) groups is 1. The second-order valence-electron chi connectivity index (χ2n) is 6.51. The number of hydrogen-bond acceptors (Lipinski definition) is 3. The summed E-state index contributed by atoms with van der Waals surface area (Å²) in [5.74, 6) is 1.37. The van der Waals surface area contributed by atoms with Gasteiger partial charge < -0.3 is 9.73 Å². The monoisotopic (exact) mass is 326 g/mol. The summed E-state index contributed by atoms with van der Waals surface area (Å²) >= 11 is 0. The summed E-state index contributed by atoms with van der Waals surface area (Å²) in [4.78, 5) is 14.7. The van der Waals surface area contributed by atoms with Crippen LogP contribution in [0.2, 0.25) is 0 Å². The number of piperidine rings is 1. The van der Waals surface area contributed by atoms with Gasteiger partial charge in [-0.1, -0.05) is 30.3 Å². The molecule has 1 aromatic carbocycles. The van der Waals surface area contributed by atoms with Crippen molar-refractivity contribution in [1.29, 1.82) is 0 Å². The molecule has 4 heteroatoms. The van der Waals surface area contributed by atoms with E-state index in [9.17, 15) is 4.79 Å². The predicted molar refractivity (Wildman–Crippen MR) is 94.5 cm³/mol. The third kappa shape index (κ3) is 4.96. The number of hydrogen-bond donors (Lipinski definition) is 1. The van der Waals surface area contributed by atoms with Gasteiger partial charge in [0.1, 0.15) is 5.76 Å². The fraction of sp³-hybridized carbons (Fsp3) is 0.450. The van der Waals surface area contributed by atoms with E-state index < -0.39 is 0 Å². The van der Waals surface area contributed by atoms with Crippen LogP contribution in [0.5, 0.6) is 0 Å². The molecule has 4 nitrogen and oxygen atoms in total. The van der Waals surface area contributed by atoms with Crippen molar-refractivity contribution in [2.24, 2.45) is 5.92 Å². The number of aryl methyl sites for hydroxylation is 1. The van der Waals surface area contributed by atoms with Crippen molar-refractivity contribution in [1.82, 2.24) is 10.2 Å². The molecule has 1 N–H and O–H groups in total. The molecule has 128 valence electrons. The third-order valence-electron chi connectivity index (χ3n) is 4.69. The van der Waals surface area contributed by atoms with Crippen LogP contribution in [0.1, 0.15) is 30.6 Å². The summed E-state index contributed by atoms with van der Waals surface area (Å²) < 4.78 is 5.30. The smallest absolute Gasteiger partial charge is 0.223 e. The topological polar surface area (TPSA) is 45.5 Å². The van der Waals surface area contributed by atoms with Gasteiger partial charge in [-0.2, -0.15) is 0 Å². The Morgan fingerprint density at radius 3 is 2.62 bits per heavy atom. The Hall–Kier alpha value is -2.07. The molecule has 0 saturated carbocycles. The lowest BCUT2D eigenvalue weighted by Gasteiger charge is -2.31. The average Bonchev–Trinajstić information content (AvgIpc) is 3.13. The number of likely N-dealkylation sites (tertiary alicyclic amines) is 1. The Labute approximate surface area is 143 Å². The summed E-state index contributed by atoms with van der Waals surface area (Å²) in [7, 11) is 0. The standard InChI is InChI=1S/C20H26N2O2/c23-20(21-12-4-8-19-9-5-15-24-19)18-10-13-22(14-11-18)16-17-6-2-1-3-7-17/h1-3,5-7,9,15,18H,4,8,10-14,16H2,(H,21,23). The Morgan fingerprint density at radius 2 is 1.92 bits per heavy atom. The number of amides is 1. The van der Waals surface area contributed by atoms with E-state index in [4.69, 9.17) is 4.42 Å². The summed E-state index contributed by atoms with van der Waals surface area (Å²) in [6.45, 7) is 3.71. The van der Waals surface area contributed by atoms with Gasteiger partial charge in [0, 0.05) is 25.4 Å². The maximum atomic E-state index is 12.3. The van der Waals surface area contributed by atoms with Gasteiger partial charge in [0.15, 0.2) is 0 Å². The average molecular weight is 326 g/mol. The van der Waals surface area contributed by atoms with Crippen molar-refractivity contribution in [3.8, 4) is 0 Å². The molecule has 1 aliphatic rings. The maximum absolute atomic E-state index is 12.3. The zero-order valence-electron chi connectivity index (χ0n) is 14.1. The zero-order valence-corrected chi connectivity index (χ0v) is 14.1. The number of furan rings is 1. The minimum absolute atomic E-state index is 0.167. The summed E-state index contributed by atoms with van der Waals surface area (Å²) in [6, 6.07) is 14.4. The maximum Gasteiger partial charge on any atom is 0.223 e. The van der Waals surface area contributed by atoms with E-state index in [1.165, 1.54) is 5.56 Å². The molecule has 3 rings (SSSR count). The number of carbonyl (C=O) groups excluding carboxylic acids is 1. The van der Waals surface area contributed by atoms with Gasteiger partial charge in [0.2, 0.25) is 5.91 Å². The Morgan fingerprint density at radius 1 is 1.12 bits per heavy atom. The van der Waals surface area contributed by atoms with E-state index in [0.29, 0.717) is 0 Å². The minimum atomic E-state index is 0.167. The molecule has 1 aliphatic heterocycles. The lowest BCUT2D eigenvalue weighted by molar-refractivity contribution is -0.126. The largest absolute Gasteiger partial charge is 0.469 e. The van der Waals surface area contributed by atoms with Crippen LogP contribution in [0.3, 0.4) is 0 Å². The summed E-state index contributed by atoms with van der Waals surface area (Å²) in [5, 5.41) is 3.08. The Kier molecular flexibility index (Phi) is 6.07. The van der Waals surface area contributed by atoms with Crippen LogP contribution in [-0.2, 0) is 17.8 Å². The Bertz CT molecular complexity index is 602. The highest BCUT2D eigenvalue weighted by Gasteiger charge is 2.24.